The summed E-state index contributed by atoms with van der Waals surface area (Å²) in [5.74, 6) is -0.496. The summed E-state index contributed by atoms with van der Waals surface area (Å²) in [6, 6.07) is 6.31. The van der Waals surface area contributed by atoms with Crippen molar-refractivity contribution in [3.8, 4) is 5.75 Å². The highest BCUT2D eigenvalue weighted by Gasteiger charge is 2.03. The lowest BCUT2D eigenvalue weighted by Crippen LogP contribution is -2.14. The average molecular weight is 427 g/mol. The van der Waals surface area contributed by atoms with Crippen LogP contribution in [0.3, 0.4) is 0 Å². The van der Waals surface area contributed by atoms with Gasteiger partial charge in [0.15, 0.2) is 0 Å². The fraction of sp³-hybridized carbons (Fsp3) is 0.632. The topological polar surface area (TPSA) is 141 Å². The first-order chi connectivity index (χ1) is 14.7. The zero-order chi connectivity index (χ0) is 21.7. The Labute approximate surface area is 175 Å². The summed E-state index contributed by atoms with van der Waals surface area (Å²) in [6.45, 7) is 5.07. The average Bonchev–Trinajstić information content (AvgIpc) is 2.75. The Balaban J connectivity index is 1.79. The lowest BCUT2D eigenvalue weighted by molar-refractivity contribution is -0.0122. The number of hydrogen-bond donors (Lipinski definition) is 1. The summed E-state index contributed by atoms with van der Waals surface area (Å²) in [4.78, 5) is 13.5. The van der Waals surface area contributed by atoms with Crippen molar-refractivity contribution in [3.63, 3.8) is 0 Å². The number of benzene rings is 1. The molecule has 0 aromatic heterocycles. The first-order valence-corrected chi connectivity index (χ1v) is 9.59. The molecule has 1 N–H and O–H groups in total. The smallest absolute Gasteiger partial charge is 0.335 e. The molecule has 0 unspecified atom stereocenters. The van der Waals surface area contributed by atoms with Gasteiger partial charge in [0, 0.05) is 11.5 Å². The molecule has 0 heterocycles. The second kappa shape index (κ2) is 18.6. The van der Waals surface area contributed by atoms with Gasteiger partial charge in [-0.05, 0) is 23.7 Å². The van der Waals surface area contributed by atoms with Crippen LogP contribution in [0.1, 0.15) is 10.4 Å². The zero-order valence-corrected chi connectivity index (χ0v) is 16.9. The molecule has 11 heteroatoms. The van der Waals surface area contributed by atoms with Gasteiger partial charge >= 0.3 is 5.97 Å². The van der Waals surface area contributed by atoms with Gasteiger partial charge in [0.05, 0.1) is 71.6 Å². The molecule has 11 nitrogen and oxygen atoms in total. The van der Waals surface area contributed by atoms with Crippen LogP contribution in [0.25, 0.3) is 10.4 Å². The van der Waals surface area contributed by atoms with E-state index in [4.69, 9.17) is 39.1 Å². The minimum absolute atomic E-state index is 0.184. The molecule has 0 aliphatic rings. The highest BCUT2D eigenvalue weighted by molar-refractivity contribution is 5.87. The minimum Gasteiger partial charge on any atom is -0.491 e. The van der Waals surface area contributed by atoms with E-state index in [2.05, 4.69) is 10.0 Å². The molecule has 168 valence electrons. The highest BCUT2D eigenvalue weighted by atomic mass is 16.6. The monoisotopic (exact) mass is 427 g/mol. The van der Waals surface area contributed by atoms with Gasteiger partial charge in [-0.25, -0.2) is 4.79 Å². The summed E-state index contributed by atoms with van der Waals surface area (Å²) in [6.07, 6.45) is 0. The van der Waals surface area contributed by atoms with Crippen molar-refractivity contribution in [2.75, 3.05) is 79.2 Å². The van der Waals surface area contributed by atoms with Crippen LogP contribution in [0.4, 0.5) is 0 Å². The summed E-state index contributed by atoms with van der Waals surface area (Å²) >= 11 is 0. The van der Waals surface area contributed by atoms with Gasteiger partial charge in [-0.3, -0.25) is 0 Å². The van der Waals surface area contributed by atoms with Crippen LogP contribution in [0.15, 0.2) is 29.4 Å². The van der Waals surface area contributed by atoms with E-state index in [0.717, 1.165) is 0 Å². The number of hydrogen-bond acceptors (Lipinski definition) is 8. The van der Waals surface area contributed by atoms with Crippen molar-refractivity contribution in [2.24, 2.45) is 5.11 Å². The fourth-order valence-corrected chi connectivity index (χ4v) is 2.07. The second-order valence-electron chi connectivity index (χ2n) is 5.70. The number of carboxylic acids is 1. The lowest BCUT2D eigenvalue weighted by atomic mass is 10.2. The molecule has 0 saturated heterocycles. The Hall–Kier alpha value is -2.40. The molecule has 0 atom stereocenters. The van der Waals surface area contributed by atoms with Crippen LogP contribution in [-0.4, -0.2) is 90.3 Å². The number of nitrogens with zero attached hydrogens (tertiary/aromatic N) is 3. The summed E-state index contributed by atoms with van der Waals surface area (Å²) in [5.41, 5.74) is 8.27. The van der Waals surface area contributed by atoms with Gasteiger partial charge in [-0.15, -0.1) is 0 Å². The third-order valence-electron chi connectivity index (χ3n) is 3.46. The van der Waals surface area contributed by atoms with Crippen molar-refractivity contribution in [1.82, 2.24) is 0 Å². The quantitative estimate of drug-likeness (QED) is 0.144. The van der Waals surface area contributed by atoms with E-state index in [1.807, 2.05) is 0 Å². The molecule has 0 aliphatic carbocycles. The fourth-order valence-electron chi connectivity index (χ4n) is 2.07. The van der Waals surface area contributed by atoms with Crippen LogP contribution in [0, 0.1) is 0 Å². The third-order valence-corrected chi connectivity index (χ3v) is 3.46. The van der Waals surface area contributed by atoms with Gasteiger partial charge in [-0.1, -0.05) is 11.2 Å². The first kappa shape index (κ1) is 25.6. The highest BCUT2D eigenvalue weighted by Crippen LogP contribution is 2.13. The van der Waals surface area contributed by atoms with E-state index >= 15 is 0 Å². The zero-order valence-electron chi connectivity index (χ0n) is 16.9. The van der Waals surface area contributed by atoms with Gasteiger partial charge < -0.3 is 33.5 Å². The van der Waals surface area contributed by atoms with Crippen molar-refractivity contribution in [1.29, 1.82) is 0 Å². The molecule has 1 aromatic carbocycles. The van der Waals surface area contributed by atoms with Crippen LogP contribution in [0.2, 0.25) is 0 Å². The van der Waals surface area contributed by atoms with E-state index in [9.17, 15) is 4.79 Å². The van der Waals surface area contributed by atoms with Gasteiger partial charge in [0.2, 0.25) is 0 Å². The number of aromatic carboxylic acids is 1. The number of rotatable bonds is 20. The van der Waals surface area contributed by atoms with E-state index < -0.39 is 5.97 Å². The maximum Gasteiger partial charge on any atom is 0.335 e. The third kappa shape index (κ3) is 14.6. The van der Waals surface area contributed by atoms with Crippen molar-refractivity contribution < 1.29 is 38.3 Å². The molecule has 1 aromatic rings. The Morgan fingerprint density at radius 3 is 1.83 bits per heavy atom. The van der Waals surface area contributed by atoms with Crippen LogP contribution in [0.5, 0.6) is 5.75 Å². The normalized spacial score (nSPS) is 10.5. The standard InChI is InChI=1S/C19H29N3O8/c20-22-21-4-5-25-6-7-26-8-9-27-10-11-28-12-13-29-14-15-30-18-3-1-2-17(16-18)19(23)24/h1-3,16H,4-15H2,(H,23,24). The Kier molecular flexibility index (Phi) is 15.9. The predicted octanol–water partition coefficient (Wildman–Crippen LogP) is 2.16. The van der Waals surface area contributed by atoms with Crippen LogP contribution < -0.4 is 4.74 Å². The maximum absolute atomic E-state index is 10.9. The molecule has 0 spiro atoms. The van der Waals surface area contributed by atoms with E-state index in [1.165, 1.54) is 12.1 Å². The van der Waals surface area contributed by atoms with Crippen molar-refractivity contribution in [3.05, 3.63) is 40.3 Å². The molecule has 0 aliphatic heterocycles. The van der Waals surface area contributed by atoms with Gasteiger partial charge in [-0.2, -0.15) is 0 Å². The summed E-state index contributed by atoms with van der Waals surface area (Å²) < 4.78 is 32.1. The molecule has 0 bridgehead atoms. The van der Waals surface area contributed by atoms with Gasteiger partial charge in [0.1, 0.15) is 12.4 Å². The van der Waals surface area contributed by atoms with Crippen molar-refractivity contribution >= 4 is 5.97 Å². The van der Waals surface area contributed by atoms with Crippen molar-refractivity contribution in [2.45, 2.75) is 0 Å². The number of carbonyl (C=O) groups is 1. The molecular formula is C19H29N3O8. The van der Waals surface area contributed by atoms with E-state index in [0.29, 0.717) is 85.0 Å². The maximum atomic E-state index is 10.9. The molecule has 0 amide bonds. The minimum atomic E-state index is -0.990. The van der Waals surface area contributed by atoms with Crippen LogP contribution in [-0.2, 0) is 23.7 Å². The first-order valence-electron chi connectivity index (χ1n) is 9.59. The van der Waals surface area contributed by atoms with Crippen LogP contribution >= 0.6 is 0 Å². The Bertz CT molecular complexity index is 626. The molecule has 30 heavy (non-hydrogen) atoms. The van der Waals surface area contributed by atoms with E-state index in [1.54, 1.807) is 12.1 Å². The molecule has 0 radical (unpaired) electrons. The largest absolute Gasteiger partial charge is 0.491 e. The Morgan fingerprint density at radius 1 is 0.833 bits per heavy atom. The molecular weight excluding hydrogens is 398 g/mol. The molecule has 0 fully saturated rings. The summed E-state index contributed by atoms with van der Waals surface area (Å²) in [5, 5.41) is 12.3. The number of azide groups is 1. The van der Waals surface area contributed by atoms with E-state index in [-0.39, 0.29) is 5.56 Å². The Morgan fingerprint density at radius 2 is 1.33 bits per heavy atom. The lowest BCUT2D eigenvalue weighted by Gasteiger charge is -2.09. The SMILES string of the molecule is [N-]=[N+]=NCCOCCOCCOCCOCCOCCOc1cccc(C(=O)O)c1. The summed E-state index contributed by atoms with van der Waals surface area (Å²) in [7, 11) is 0. The second-order valence-corrected chi connectivity index (χ2v) is 5.70. The molecule has 1 rings (SSSR count). The number of carboxylic acid groups (broad SMARTS) is 1. The predicted molar refractivity (Wildman–Crippen MR) is 107 cm³/mol. The molecule has 0 saturated carbocycles. The van der Waals surface area contributed by atoms with Gasteiger partial charge in [0.25, 0.3) is 0 Å². The number of ether oxygens (including phenoxy) is 6.